The normalized spacial score (nSPS) is 10.6. The molecule has 0 fully saturated rings. The van der Waals surface area contributed by atoms with Gasteiger partial charge in [0.25, 0.3) is 0 Å². The van der Waals surface area contributed by atoms with E-state index in [0.29, 0.717) is 5.02 Å². The first-order chi connectivity index (χ1) is 6.82. The van der Waals surface area contributed by atoms with Crippen LogP contribution in [0.5, 0.6) is 0 Å². The Balaban J connectivity index is 0.000000583. The van der Waals surface area contributed by atoms with E-state index in [1.165, 1.54) is 25.5 Å². The second-order valence-corrected chi connectivity index (χ2v) is 3.60. The molecule has 0 spiro atoms. The van der Waals surface area contributed by atoms with Gasteiger partial charge in [-0.25, -0.2) is 0 Å². The first kappa shape index (κ1) is 14.3. The summed E-state index contributed by atoms with van der Waals surface area (Å²) in [5.41, 5.74) is -0.484. The zero-order chi connectivity index (χ0) is 12.1. The third-order valence-electron chi connectivity index (χ3n) is 1.49. The second kappa shape index (κ2) is 6.01. The Bertz CT molecular complexity index is 305. The molecule has 0 radical (unpaired) electrons. The number of alkyl halides is 3. The first-order valence-corrected chi connectivity index (χ1v) is 5.04. The predicted octanol–water partition coefficient (Wildman–Crippen LogP) is 5.08. The summed E-state index contributed by atoms with van der Waals surface area (Å²) in [5, 5.41) is 0.320. The molecule has 1 rings (SSSR count). The van der Waals surface area contributed by atoms with Gasteiger partial charge in [-0.1, -0.05) is 31.9 Å². The summed E-state index contributed by atoms with van der Waals surface area (Å²) >= 11 is 5.50. The molecule has 0 amide bonds. The van der Waals surface area contributed by atoms with E-state index in [1.807, 2.05) is 0 Å². The lowest BCUT2D eigenvalue weighted by Gasteiger charge is -2.09. The van der Waals surface area contributed by atoms with Gasteiger partial charge in [0.15, 0.2) is 0 Å². The quantitative estimate of drug-likeness (QED) is 0.591. The average Bonchev–Trinajstić information content (AvgIpc) is 2.02. The van der Waals surface area contributed by atoms with Crippen molar-refractivity contribution in [3.63, 3.8) is 0 Å². The predicted molar refractivity (Wildman–Crippen MR) is 57.2 cm³/mol. The SMILES string of the molecule is CCC.Cc1cc(Cl)ccc1C(F)(F)F. The van der Waals surface area contributed by atoms with Crippen molar-refractivity contribution in [3.8, 4) is 0 Å². The molecule has 0 aliphatic rings. The van der Waals surface area contributed by atoms with Crippen molar-refractivity contribution in [2.75, 3.05) is 0 Å². The molecule has 0 heterocycles. The molecule has 0 saturated heterocycles. The molecule has 86 valence electrons. The van der Waals surface area contributed by atoms with Crippen LogP contribution in [0.25, 0.3) is 0 Å². The summed E-state index contributed by atoms with van der Waals surface area (Å²) in [6, 6.07) is 3.51. The summed E-state index contributed by atoms with van der Waals surface area (Å²) in [7, 11) is 0. The monoisotopic (exact) mass is 238 g/mol. The van der Waals surface area contributed by atoms with E-state index in [0.717, 1.165) is 6.07 Å². The molecule has 0 N–H and O–H groups in total. The Kier molecular flexibility index (Phi) is 5.73. The molecular formula is C11H14ClF3. The second-order valence-electron chi connectivity index (χ2n) is 3.16. The van der Waals surface area contributed by atoms with Crippen molar-refractivity contribution in [2.24, 2.45) is 0 Å². The summed E-state index contributed by atoms with van der Waals surface area (Å²) < 4.78 is 36.4. The van der Waals surface area contributed by atoms with Crippen molar-refractivity contribution in [1.29, 1.82) is 0 Å². The Morgan fingerprint density at radius 1 is 1.20 bits per heavy atom. The largest absolute Gasteiger partial charge is 0.416 e. The van der Waals surface area contributed by atoms with Gasteiger partial charge >= 0.3 is 6.18 Å². The topological polar surface area (TPSA) is 0 Å². The highest BCUT2D eigenvalue weighted by Gasteiger charge is 2.31. The van der Waals surface area contributed by atoms with Gasteiger partial charge in [-0.2, -0.15) is 13.2 Å². The van der Waals surface area contributed by atoms with Gasteiger partial charge in [0.1, 0.15) is 0 Å². The van der Waals surface area contributed by atoms with Crippen molar-refractivity contribution in [2.45, 2.75) is 33.4 Å². The molecule has 1 aromatic carbocycles. The lowest BCUT2D eigenvalue weighted by atomic mass is 10.1. The van der Waals surface area contributed by atoms with Crippen molar-refractivity contribution < 1.29 is 13.2 Å². The number of benzene rings is 1. The number of halogens is 4. The maximum Gasteiger partial charge on any atom is 0.416 e. The summed E-state index contributed by atoms with van der Waals surface area (Å²) in [6.07, 6.45) is -3.03. The standard InChI is InChI=1S/C8H6ClF3.C3H8/c1-5-4-6(9)2-3-7(5)8(10,11)12;1-3-2/h2-4H,1H3;3H2,1-2H3. The molecule has 0 unspecified atom stereocenters. The van der Waals surface area contributed by atoms with Gasteiger partial charge in [0.05, 0.1) is 5.56 Å². The van der Waals surface area contributed by atoms with E-state index in [2.05, 4.69) is 13.8 Å². The molecule has 0 bridgehead atoms. The van der Waals surface area contributed by atoms with Gasteiger partial charge < -0.3 is 0 Å². The Hall–Kier alpha value is -0.700. The smallest absolute Gasteiger partial charge is 0.166 e. The van der Waals surface area contributed by atoms with Crippen LogP contribution < -0.4 is 0 Å². The third kappa shape index (κ3) is 5.07. The van der Waals surface area contributed by atoms with Gasteiger partial charge in [0.2, 0.25) is 0 Å². The zero-order valence-electron chi connectivity index (χ0n) is 8.95. The molecule has 0 aliphatic carbocycles. The fourth-order valence-electron chi connectivity index (χ4n) is 0.945. The molecule has 15 heavy (non-hydrogen) atoms. The minimum Gasteiger partial charge on any atom is -0.166 e. The van der Waals surface area contributed by atoms with Crippen molar-refractivity contribution >= 4 is 11.6 Å². The molecule has 1 aromatic rings. The van der Waals surface area contributed by atoms with Crippen molar-refractivity contribution in [1.82, 2.24) is 0 Å². The number of rotatable bonds is 0. The molecule has 0 atom stereocenters. The Labute approximate surface area is 93.1 Å². The average molecular weight is 239 g/mol. The number of hydrogen-bond acceptors (Lipinski definition) is 0. The maximum absolute atomic E-state index is 12.1. The number of hydrogen-bond donors (Lipinski definition) is 0. The fourth-order valence-corrected chi connectivity index (χ4v) is 1.17. The van der Waals surface area contributed by atoms with E-state index in [4.69, 9.17) is 11.6 Å². The molecule has 4 heteroatoms. The van der Waals surface area contributed by atoms with Crippen LogP contribution in [0, 0.1) is 6.92 Å². The number of aryl methyl sites for hydroxylation is 1. The van der Waals surface area contributed by atoms with Crippen LogP contribution in [0.4, 0.5) is 13.2 Å². The lowest BCUT2D eigenvalue weighted by Crippen LogP contribution is -2.06. The first-order valence-electron chi connectivity index (χ1n) is 4.66. The van der Waals surface area contributed by atoms with Crippen molar-refractivity contribution in [3.05, 3.63) is 34.3 Å². The van der Waals surface area contributed by atoms with E-state index >= 15 is 0 Å². The minimum absolute atomic E-state index is 0.148. The van der Waals surface area contributed by atoms with E-state index in [-0.39, 0.29) is 5.56 Å². The van der Waals surface area contributed by atoms with Gasteiger partial charge in [-0.3, -0.25) is 0 Å². The minimum atomic E-state index is -4.28. The van der Waals surface area contributed by atoms with E-state index < -0.39 is 11.7 Å². The highest BCUT2D eigenvalue weighted by atomic mass is 35.5. The highest BCUT2D eigenvalue weighted by molar-refractivity contribution is 6.30. The Morgan fingerprint density at radius 3 is 2.00 bits per heavy atom. The summed E-state index contributed by atoms with van der Waals surface area (Å²) in [6.45, 7) is 5.63. The molecule has 0 aromatic heterocycles. The van der Waals surface area contributed by atoms with Gasteiger partial charge in [-0.05, 0) is 30.7 Å². The molecule has 0 saturated carbocycles. The van der Waals surface area contributed by atoms with E-state index in [9.17, 15) is 13.2 Å². The summed E-state index contributed by atoms with van der Waals surface area (Å²) in [4.78, 5) is 0. The van der Waals surface area contributed by atoms with Crippen LogP contribution in [-0.2, 0) is 6.18 Å². The van der Waals surface area contributed by atoms with Crippen LogP contribution in [0.2, 0.25) is 5.02 Å². The lowest BCUT2D eigenvalue weighted by molar-refractivity contribution is -0.138. The molecule has 0 nitrogen and oxygen atoms in total. The van der Waals surface area contributed by atoms with Gasteiger partial charge in [-0.15, -0.1) is 0 Å². The van der Waals surface area contributed by atoms with Crippen LogP contribution in [0.1, 0.15) is 31.4 Å². The maximum atomic E-state index is 12.1. The van der Waals surface area contributed by atoms with Crippen LogP contribution in [-0.4, -0.2) is 0 Å². The van der Waals surface area contributed by atoms with Crippen LogP contribution >= 0.6 is 11.6 Å². The van der Waals surface area contributed by atoms with E-state index in [1.54, 1.807) is 0 Å². The third-order valence-corrected chi connectivity index (χ3v) is 1.73. The van der Waals surface area contributed by atoms with Crippen LogP contribution in [0.15, 0.2) is 18.2 Å². The summed E-state index contributed by atoms with van der Waals surface area (Å²) in [5.74, 6) is 0. The highest BCUT2D eigenvalue weighted by Crippen LogP contribution is 2.32. The van der Waals surface area contributed by atoms with Crippen LogP contribution in [0.3, 0.4) is 0 Å². The molecule has 0 aliphatic heterocycles. The Morgan fingerprint density at radius 2 is 1.67 bits per heavy atom. The fraction of sp³-hybridized carbons (Fsp3) is 0.455. The molecular weight excluding hydrogens is 225 g/mol. The zero-order valence-corrected chi connectivity index (χ0v) is 9.71. The van der Waals surface area contributed by atoms with Gasteiger partial charge in [0, 0.05) is 5.02 Å².